The minimum atomic E-state index is 0.124. The zero-order valence-corrected chi connectivity index (χ0v) is 10.0. The lowest BCUT2D eigenvalue weighted by molar-refractivity contribution is 0.101. The van der Waals surface area contributed by atoms with Crippen LogP contribution in [0.15, 0.2) is 30.5 Å². The first-order valence-electron chi connectivity index (χ1n) is 5.68. The van der Waals surface area contributed by atoms with E-state index in [1.807, 2.05) is 18.2 Å². The standard InChI is InChI=1S/C14H17NO/c1-10(2)9-15-7-6-13-8-12(11(3)16)4-5-14(13)15/h4-8,10H,9H2,1-3H3. The first kappa shape index (κ1) is 10.9. The first-order valence-corrected chi connectivity index (χ1v) is 5.68. The Bertz CT molecular complexity index is 523. The van der Waals surface area contributed by atoms with E-state index in [1.54, 1.807) is 6.92 Å². The van der Waals surface area contributed by atoms with Crippen LogP contribution in [0.2, 0.25) is 0 Å². The molecule has 0 saturated carbocycles. The number of ketones is 1. The number of hydrogen-bond acceptors (Lipinski definition) is 1. The maximum atomic E-state index is 11.3. The second-order valence-corrected chi connectivity index (χ2v) is 4.69. The van der Waals surface area contributed by atoms with Crippen LogP contribution < -0.4 is 0 Å². The highest BCUT2D eigenvalue weighted by Crippen LogP contribution is 2.19. The van der Waals surface area contributed by atoms with Gasteiger partial charge in [0.1, 0.15) is 0 Å². The van der Waals surface area contributed by atoms with Crippen LogP contribution in [0.5, 0.6) is 0 Å². The van der Waals surface area contributed by atoms with Gasteiger partial charge in [-0.2, -0.15) is 0 Å². The zero-order chi connectivity index (χ0) is 11.7. The highest BCUT2D eigenvalue weighted by Gasteiger charge is 2.05. The summed E-state index contributed by atoms with van der Waals surface area (Å²) in [6.07, 6.45) is 2.09. The van der Waals surface area contributed by atoms with Crippen molar-refractivity contribution in [1.82, 2.24) is 4.57 Å². The molecule has 16 heavy (non-hydrogen) atoms. The predicted octanol–water partition coefficient (Wildman–Crippen LogP) is 3.50. The summed E-state index contributed by atoms with van der Waals surface area (Å²) in [7, 11) is 0. The van der Waals surface area contributed by atoms with Crippen LogP contribution in [0, 0.1) is 5.92 Å². The molecule has 2 nitrogen and oxygen atoms in total. The molecule has 0 aliphatic rings. The lowest BCUT2D eigenvalue weighted by Crippen LogP contribution is -2.02. The minimum absolute atomic E-state index is 0.124. The van der Waals surface area contributed by atoms with Crippen molar-refractivity contribution in [2.24, 2.45) is 5.92 Å². The molecule has 0 unspecified atom stereocenters. The summed E-state index contributed by atoms with van der Waals surface area (Å²) in [5.41, 5.74) is 1.99. The molecule has 0 bridgehead atoms. The number of carbonyl (C=O) groups is 1. The summed E-state index contributed by atoms with van der Waals surface area (Å²) in [5.74, 6) is 0.751. The Kier molecular flexibility index (Phi) is 2.82. The van der Waals surface area contributed by atoms with Gasteiger partial charge in [-0.15, -0.1) is 0 Å². The summed E-state index contributed by atoms with van der Waals surface area (Å²) < 4.78 is 2.24. The van der Waals surface area contributed by atoms with E-state index in [2.05, 4.69) is 30.7 Å². The fourth-order valence-corrected chi connectivity index (χ4v) is 1.97. The average Bonchev–Trinajstić information content (AvgIpc) is 2.60. The topological polar surface area (TPSA) is 22.0 Å². The number of fused-ring (bicyclic) bond motifs is 1. The van der Waals surface area contributed by atoms with E-state index in [0.29, 0.717) is 5.92 Å². The van der Waals surface area contributed by atoms with Crippen molar-refractivity contribution >= 4 is 16.7 Å². The van der Waals surface area contributed by atoms with Gasteiger partial charge in [-0.3, -0.25) is 4.79 Å². The zero-order valence-electron chi connectivity index (χ0n) is 10.0. The third-order valence-corrected chi connectivity index (χ3v) is 2.74. The number of carbonyl (C=O) groups excluding carboxylic acids is 1. The van der Waals surface area contributed by atoms with Gasteiger partial charge < -0.3 is 4.57 Å². The second-order valence-electron chi connectivity index (χ2n) is 4.69. The maximum absolute atomic E-state index is 11.3. The summed E-state index contributed by atoms with van der Waals surface area (Å²) >= 11 is 0. The molecule has 1 aromatic carbocycles. The quantitative estimate of drug-likeness (QED) is 0.718. The van der Waals surface area contributed by atoms with Crippen LogP contribution in [0.1, 0.15) is 31.1 Å². The van der Waals surface area contributed by atoms with E-state index >= 15 is 0 Å². The maximum Gasteiger partial charge on any atom is 0.159 e. The first-order chi connectivity index (χ1) is 7.58. The highest BCUT2D eigenvalue weighted by atomic mass is 16.1. The molecule has 0 atom stereocenters. The molecule has 1 heterocycles. The monoisotopic (exact) mass is 215 g/mol. The van der Waals surface area contributed by atoms with Crippen molar-refractivity contribution in [3.63, 3.8) is 0 Å². The molecule has 2 rings (SSSR count). The average molecular weight is 215 g/mol. The van der Waals surface area contributed by atoms with Crippen LogP contribution in [0.3, 0.4) is 0 Å². The number of aromatic nitrogens is 1. The predicted molar refractivity (Wildman–Crippen MR) is 66.8 cm³/mol. The summed E-state index contributed by atoms with van der Waals surface area (Å²) in [4.78, 5) is 11.3. The van der Waals surface area contributed by atoms with Gasteiger partial charge in [0.15, 0.2) is 5.78 Å². The molecule has 2 heteroatoms. The lowest BCUT2D eigenvalue weighted by atomic mass is 10.1. The van der Waals surface area contributed by atoms with Gasteiger partial charge in [-0.1, -0.05) is 13.8 Å². The Hall–Kier alpha value is -1.57. The number of benzene rings is 1. The Labute approximate surface area is 95.9 Å². The van der Waals surface area contributed by atoms with Crippen molar-refractivity contribution in [2.75, 3.05) is 0 Å². The van der Waals surface area contributed by atoms with Crippen LogP contribution in [0.4, 0.5) is 0 Å². The fraction of sp³-hybridized carbons (Fsp3) is 0.357. The van der Waals surface area contributed by atoms with Gasteiger partial charge in [-0.05, 0) is 37.1 Å². The molecule has 0 aliphatic heterocycles. The van der Waals surface area contributed by atoms with Crippen molar-refractivity contribution in [3.8, 4) is 0 Å². The third kappa shape index (κ3) is 2.01. The SMILES string of the molecule is CC(=O)c1ccc2c(ccn2CC(C)C)c1. The Morgan fingerprint density at radius 1 is 1.31 bits per heavy atom. The van der Waals surface area contributed by atoms with Crippen LogP contribution >= 0.6 is 0 Å². The second kappa shape index (κ2) is 4.12. The molecular formula is C14H17NO. The number of rotatable bonds is 3. The molecule has 0 aliphatic carbocycles. The van der Waals surface area contributed by atoms with Gasteiger partial charge in [-0.25, -0.2) is 0 Å². The van der Waals surface area contributed by atoms with E-state index in [-0.39, 0.29) is 5.78 Å². The van der Waals surface area contributed by atoms with Gasteiger partial charge in [0.05, 0.1) is 0 Å². The van der Waals surface area contributed by atoms with Gasteiger partial charge in [0.25, 0.3) is 0 Å². The summed E-state index contributed by atoms with van der Waals surface area (Å²) in [5, 5.41) is 1.15. The molecule has 0 spiro atoms. The van der Waals surface area contributed by atoms with Gasteiger partial charge in [0.2, 0.25) is 0 Å². The molecular weight excluding hydrogens is 198 g/mol. The number of Topliss-reactive ketones (excluding diaryl/α,β-unsaturated/α-hetero) is 1. The Morgan fingerprint density at radius 2 is 2.06 bits per heavy atom. The van der Waals surface area contributed by atoms with E-state index in [9.17, 15) is 4.79 Å². The van der Waals surface area contributed by atoms with Crippen molar-refractivity contribution < 1.29 is 4.79 Å². The van der Waals surface area contributed by atoms with Gasteiger partial charge in [0, 0.05) is 29.2 Å². The Morgan fingerprint density at radius 3 is 2.69 bits per heavy atom. The molecule has 1 aromatic heterocycles. The van der Waals surface area contributed by atoms with Crippen molar-refractivity contribution in [1.29, 1.82) is 0 Å². The molecule has 0 radical (unpaired) electrons. The number of hydrogen-bond donors (Lipinski definition) is 0. The number of nitrogens with zero attached hydrogens (tertiary/aromatic N) is 1. The molecule has 84 valence electrons. The van der Waals surface area contributed by atoms with Crippen molar-refractivity contribution in [2.45, 2.75) is 27.3 Å². The normalized spacial score (nSPS) is 11.2. The fourth-order valence-electron chi connectivity index (χ4n) is 1.97. The van der Waals surface area contributed by atoms with Gasteiger partial charge >= 0.3 is 0 Å². The smallest absolute Gasteiger partial charge is 0.159 e. The van der Waals surface area contributed by atoms with Crippen LogP contribution in [-0.4, -0.2) is 10.4 Å². The minimum Gasteiger partial charge on any atom is -0.347 e. The Balaban J connectivity index is 2.46. The van der Waals surface area contributed by atoms with E-state index < -0.39 is 0 Å². The van der Waals surface area contributed by atoms with Crippen LogP contribution in [0.25, 0.3) is 10.9 Å². The molecule has 2 aromatic rings. The van der Waals surface area contributed by atoms with E-state index in [4.69, 9.17) is 0 Å². The van der Waals surface area contributed by atoms with E-state index in [0.717, 1.165) is 17.5 Å². The molecule has 0 amide bonds. The summed E-state index contributed by atoms with van der Waals surface area (Å²) in [6, 6.07) is 7.98. The highest BCUT2D eigenvalue weighted by molar-refractivity contribution is 5.98. The molecule has 0 N–H and O–H groups in total. The van der Waals surface area contributed by atoms with Crippen molar-refractivity contribution in [3.05, 3.63) is 36.0 Å². The van der Waals surface area contributed by atoms with E-state index in [1.165, 1.54) is 5.52 Å². The molecule has 0 fully saturated rings. The largest absolute Gasteiger partial charge is 0.347 e. The third-order valence-electron chi connectivity index (χ3n) is 2.74. The van der Waals surface area contributed by atoms with Crippen LogP contribution in [-0.2, 0) is 6.54 Å². The summed E-state index contributed by atoms with van der Waals surface area (Å²) in [6.45, 7) is 7.03. The molecule has 0 saturated heterocycles. The lowest BCUT2D eigenvalue weighted by Gasteiger charge is -2.08.